The van der Waals surface area contributed by atoms with Crippen LogP contribution in [0.3, 0.4) is 0 Å². The normalized spacial score (nSPS) is 14.5. The molecule has 6 heteroatoms. The van der Waals surface area contributed by atoms with E-state index in [2.05, 4.69) is 21.9 Å². The fraction of sp³-hybridized carbons (Fsp3) is 0.222. The Bertz CT molecular complexity index is 1310. The molecule has 1 N–H and O–H groups in total. The van der Waals surface area contributed by atoms with Crippen molar-refractivity contribution >= 4 is 16.7 Å². The summed E-state index contributed by atoms with van der Waals surface area (Å²) in [6, 6.07) is 22.9. The van der Waals surface area contributed by atoms with Crippen LogP contribution in [0.5, 0.6) is 11.5 Å². The molecule has 1 aliphatic rings. The van der Waals surface area contributed by atoms with Gasteiger partial charge in [0, 0.05) is 43.8 Å². The van der Waals surface area contributed by atoms with Gasteiger partial charge in [-0.3, -0.25) is 4.90 Å². The molecule has 2 heterocycles. The zero-order chi connectivity index (χ0) is 22.8. The molecule has 0 bridgehead atoms. The van der Waals surface area contributed by atoms with E-state index in [4.69, 9.17) is 9.15 Å². The molecule has 0 saturated carbocycles. The molecule has 168 valence electrons. The quantitative estimate of drug-likeness (QED) is 0.459. The summed E-state index contributed by atoms with van der Waals surface area (Å²) in [4.78, 5) is 17.4. The molecule has 5 rings (SSSR count). The molecule has 1 fully saturated rings. The predicted octanol–water partition coefficient (Wildman–Crippen LogP) is 4.50. The zero-order valence-electron chi connectivity index (χ0n) is 18.5. The number of rotatable bonds is 5. The average Bonchev–Trinajstić information content (AvgIpc) is 2.87. The lowest BCUT2D eigenvalue weighted by molar-refractivity contribution is 0.246. The fourth-order valence-electron chi connectivity index (χ4n) is 4.38. The van der Waals surface area contributed by atoms with Crippen molar-refractivity contribution in [1.82, 2.24) is 4.90 Å². The lowest BCUT2D eigenvalue weighted by Crippen LogP contribution is -2.46. The SMILES string of the molecule is COc1ccc(N2CCN(Cc3c(O)ccc4cc(-c5ccccc5)c(=O)oc34)CC2)cc1. The maximum absolute atomic E-state index is 12.8. The van der Waals surface area contributed by atoms with Crippen LogP contribution in [0, 0.1) is 0 Å². The summed E-state index contributed by atoms with van der Waals surface area (Å²) < 4.78 is 11.0. The minimum Gasteiger partial charge on any atom is -0.507 e. The van der Waals surface area contributed by atoms with Crippen LogP contribution in [0.4, 0.5) is 5.69 Å². The van der Waals surface area contributed by atoms with Crippen LogP contribution in [-0.2, 0) is 6.54 Å². The van der Waals surface area contributed by atoms with Crippen molar-refractivity contribution in [3.05, 3.63) is 88.8 Å². The average molecular weight is 443 g/mol. The number of piperazine rings is 1. The first-order valence-electron chi connectivity index (χ1n) is 11.1. The molecule has 6 nitrogen and oxygen atoms in total. The van der Waals surface area contributed by atoms with E-state index < -0.39 is 5.63 Å². The van der Waals surface area contributed by atoms with Crippen molar-refractivity contribution in [2.45, 2.75) is 6.54 Å². The van der Waals surface area contributed by atoms with E-state index in [-0.39, 0.29) is 5.75 Å². The Balaban J connectivity index is 1.36. The number of nitrogens with zero attached hydrogens (tertiary/aromatic N) is 2. The van der Waals surface area contributed by atoms with E-state index in [1.807, 2.05) is 48.5 Å². The molecule has 0 unspecified atom stereocenters. The fourth-order valence-corrected chi connectivity index (χ4v) is 4.38. The number of methoxy groups -OCH3 is 1. The number of anilines is 1. The monoisotopic (exact) mass is 442 g/mol. The topological polar surface area (TPSA) is 66.2 Å². The van der Waals surface area contributed by atoms with Gasteiger partial charge < -0.3 is 19.2 Å². The molecule has 0 aliphatic carbocycles. The van der Waals surface area contributed by atoms with Crippen LogP contribution in [0.25, 0.3) is 22.1 Å². The smallest absolute Gasteiger partial charge is 0.344 e. The molecular formula is C27H26N2O4. The summed E-state index contributed by atoms with van der Waals surface area (Å²) in [5.74, 6) is 0.997. The third-order valence-electron chi connectivity index (χ3n) is 6.26. The second kappa shape index (κ2) is 9.00. The number of hydrogen-bond acceptors (Lipinski definition) is 6. The van der Waals surface area contributed by atoms with Gasteiger partial charge in [0.2, 0.25) is 0 Å². The van der Waals surface area contributed by atoms with Crippen molar-refractivity contribution in [2.75, 3.05) is 38.2 Å². The molecule has 1 aliphatic heterocycles. The van der Waals surface area contributed by atoms with E-state index >= 15 is 0 Å². The molecule has 33 heavy (non-hydrogen) atoms. The van der Waals surface area contributed by atoms with Gasteiger partial charge in [0.25, 0.3) is 0 Å². The van der Waals surface area contributed by atoms with Gasteiger partial charge in [0.1, 0.15) is 17.1 Å². The van der Waals surface area contributed by atoms with E-state index in [0.29, 0.717) is 23.3 Å². The minimum absolute atomic E-state index is 0.149. The summed E-state index contributed by atoms with van der Waals surface area (Å²) in [5.41, 5.74) is 3.22. The number of fused-ring (bicyclic) bond motifs is 1. The summed E-state index contributed by atoms with van der Waals surface area (Å²) >= 11 is 0. The number of benzene rings is 3. The van der Waals surface area contributed by atoms with Crippen LogP contribution in [-0.4, -0.2) is 43.3 Å². The lowest BCUT2D eigenvalue weighted by Gasteiger charge is -2.36. The highest BCUT2D eigenvalue weighted by molar-refractivity contribution is 5.85. The molecule has 1 saturated heterocycles. The van der Waals surface area contributed by atoms with Crippen molar-refractivity contribution in [3.8, 4) is 22.6 Å². The number of ether oxygens (including phenoxy) is 1. The predicted molar refractivity (Wildman–Crippen MR) is 130 cm³/mol. The lowest BCUT2D eigenvalue weighted by atomic mass is 10.0. The van der Waals surface area contributed by atoms with Gasteiger partial charge in [-0.05, 0) is 48.0 Å². The standard InChI is InChI=1S/C27H26N2O4/c1-32-22-10-8-21(9-11-22)29-15-13-28(14-16-29)18-24-25(30)12-7-20-17-23(27(31)33-26(20)24)19-5-3-2-4-6-19/h2-12,17,30H,13-16,18H2,1H3. The number of aromatic hydroxyl groups is 1. The first kappa shape index (κ1) is 21.1. The van der Waals surface area contributed by atoms with Gasteiger partial charge in [-0.2, -0.15) is 0 Å². The number of hydrogen-bond donors (Lipinski definition) is 1. The second-order valence-corrected chi connectivity index (χ2v) is 8.26. The summed E-state index contributed by atoms with van der Waals surface area (Å²) in [6.07, 6.45) is 0. The third-order valence-corrected chi connectivity index (χ3v) is 6.26. The van der Waals surface area contributed by atoms with Crippen LogP contribution in [0.15, 0.2) is 82.0 Å². The van der Waals surface area contributed by atoms with Gasteiger partial charge in [0.15, 0.2) is 0 Å². The molecule has 4 aromatic rings. The molecule has 3 aromatic carbocycles. The molecule has 0 radical (unpaired) electrons. The van der Waals surface area contributed by atoms with Crippen molar-refractivity contribution < 1.29 is 14.3 Å². The third kappa shape index (κ3) is 4.30. The van der Waals surface area contributed by atoms with Crippen LogP contribution in [0.2, 0.25) is 0 Å². The maximum Gasteiger partial charge on any atom is 0.344 e. The highest BCUT2D eigenvalue weighted by Gasteiger charge is 2.21. The van der Waals surface area contributed by atoms with E-state index in [1.54, 1.807) is 19.2 Å². The van der Waals surface area contributed by atoms with Gasteiger partial charge >= 0.3 is 5.63 Å². The van der Waals surface area contributed by atoms with E-state index in [1.165, 1.54) is 5.69 Å². The molecule has 0 spiro atoms. The Labute approximate surface area is 192 Å². The zero-order valence-corrected chi connectivity index (χ0v) is 18.5. The Morgan fingerprint density at radius 1 is 0.939 bits per heavy atom. The van der Waals surface area contributed by atoms with Gasteiger partial charge in [-0.15, -0.1) is 0 Å². The summed E-state index contributed by atoms with van der Waals surface area (Å²) in [7, 11) is 1.67. The van der Waals surface area contributed by atoms with Gasteiger partial charge in [0.05, 0.1) is 18.2 Å². The first-order chi connectivity index (χ1) is 16.1. The molecule has 0 amide bonds. The highest BCUT2D eigenvalue weighted by Crippen LogP contribution is 2.30. The molecule has 0 atom stereocenters. The largest absolute Gasteiger partial charge is 0.507 e. The van der Waals surface area contributed by atoms with E-state index in [0.717, 1.165) is 42.9 Å². The van der Waals surface area contributed by atoms with Crippen molar-refractivity contribution in [3.63, 3.8) is 0 Å². The van der Waals surface area contributed by atoms with Crippen LogP contribution < -0.4 is 15.3 Å². The van der Waals surface area contributed by atoms with Gasteiger partial charge in [-0.1, -0.05) is 30.3 Å². The maximum atomic E-state index is 12.8. The van der Waals surface area contributed by atoms with Crippen molar-refractivity contribution in [2.24, 2.45) is 0 Å². The Morgan fingerprint density at radius 3 is 2.36 bits per heavy atom. The van der Waals surface area contributed by atoms with E-state index in [9.17, 15) is 9.90 Å². The second-order valence-electron chi connectivity index (χ2n) is 8.26. The van der Waals surface area contributed by atoms with Crippen molar-refractivity contribution in [1.29, 1.82) is 0 Å². The Kier molecular flexibility index (Phi) is 5.75. The number of phenolic OH excluding ortho intramolecular Hbond substituents is 1. The number of phenols is 1. The summed E-state index contributed by atoms with van der Waals surface area (Å²) in [6.45, 7) is 3.95. The Morgan fingerprint density at radius 2 is 1.67 bits per heavy atom. The summed E-state index contributed by atoms with van der Waals surface area (Å²) in [5, 5.41) is 11.4. The highest BCUT2D eigenvalue weighted by atomic mass is 16.5. The first-order valence-corrected chi connectivity index (χ1v) is 11.1. The van der Waals surface area contributed by atoms with Gasteiger partial charge in [-0.25, -0.2) is 4.79 Å². The Hall–Kier alpha value is -3.77. The molecular weight excluding hydrogens is 416 g/mol. The van der Waals surface area contributed by atoms with Crippen LogP contribution in [0.1, 0.15) is 5.56 Å². The minimum atomic E-state index is -0.398. The van der Waals surface area contributed by atoms with Crippen LogP contribution >= 0.6 is 0 Å². The molecule has 1 aromatic heterocycles.